The fourth-order valence-corrected chi connectivity index (χ4v) is 5.84. The van der Waals surface area contributed by atoms with E-state index in [2.05, 4.69) is 63.2 Å². The first-order valence-corrected chi connectivity index (χ1v) is 11.9. The summed E-state index contributed by atoms with van der Waals surface area (Å²) in [5, 5.41) is 3.72. The van der Waals surface area contributed by atoms with Gasteiger partial charge in [0.15, 0.2) is 0 Å². The van der Waals surface area contributed by atoms with E-state index in [-0.39, 0.29) is 5.41 Å². The highest BCUT2D eigenvalue weighted by Gasteiger charge is 2.42. The maximum absolute atomic E-state index is 4.38. The van der Waals surface area contributed by atoms with Crippen LogP contribution in [0.25, 0.3) is 5.70 Å². The first-order chi connectivity index (χ1) is 13.9. The van der Waals surface area contributed by atoms with Crippen LogP contribution < -0.4 is 5.32 Å². The fourth-order valence-electron chi connectivity index (χ4n) is 5.61. The number of thiol groups is 1. The normalized spacial score (nSPS) is 20.1. The maximum atomic E-state index is 4.38. The summed E-state index contributed by atoms with van der Waals surface area (Å²) in [4.78, 5) is 0. The number of rotatable bonds is 5. The SMILES string of the molecule is C=C(C)C1=CC2=C(NC1=C)c1cc(C)c(CCCCS)cc1CC21CCCCC1. The van der Waals surface area contributed by atoms with Gasteiger partial charge in [-0.15, -0.1) is 0 Å². The van der Waals surface area contributed by atoms with Gasteiger partial charge in [0.05, 0.1) is 0 Å². The molecule has 3 aliphatic rings. The van der Waals surface area contributed by atoms with Crippen molar-refractivity contribution >= 4 is 18.3 Å². The highest BCUT2D eigenvalue weighted by Crippen LogP contribution is 2.53. The van der Waals surface area contributed by atoms with Crippen molar-refractivity contribution in [3.05, 3.63) is 76.0 Å². The van der Waals surface area contributed by atoms with Gasteiger partial charge in [-0.3, -0.25) is 0 Å². The summed E-state index contributed by atoms with van der Waals surface area (Å²) in [5.74, 6) is 0.979. The highest BCUT2D eigenvalue weighted by atomic mass is 32.1. The van der Waals surface area contributed by atoms with Crippen molar-refractivity contribution < 1.29 is 0 Å². The topological polar surface area (TPSA) is 12.0 Å². The van der Waals surface area contributed by atoms with Crippen LogP contribution in [0.2, 0.25) is 0 Å². The van der Waals surface area contributed by atoms with Gasteiger partial charge in [0, 0.05) is 27.9 Å². The Morgan fingerprint density at radius 1 is 1.17 bits per heavy atom. The fraction of sp³-hybridized carbons (Fsp3) is 0.481. The zero-order valence-electron chi connectivity index (χ0n) is 18.2. The maximum Gasteiger partial charge on any atom is 0.0499 e. The van der Waals surface area contributed by atoms with Gasteiger partial charge in [-0.25, -0.2) is 0 Å². The smallest absolute Gasteiger partial charge is 0.0499 e. The molecule has 0 bridgehead atoms. The minimum Gasteiger partial charge on any atom is -0.355 e. The van der Waals surface area contributed by atoms with Crippen LogP contribution in [0.4, 0.5) is 0 Å². The molecular weight excluding hydrogens is 370 g/mol. The summed E-state index contributed by atoms with van der Waals surface area (Å²) < 4.78 is 0. The van der Waals surface area contributed by atoms with Crippen molar-refractivity contribution in [3.8, 4) is 0 Å². The van der Waals surface area contributed by atoms with E-state index < -0.39 is 0 Å². The van der Waals surface area contributed by atoms with Crippen LogP contribution in [0.1, 0.15) is 74.1 Å². The second-order valence-corrected chi connectivity index (χ2v) is 9.81. The third-order valence-corrected chi connectivity index (χ3v) is 7.53. The summed E-state index contributed by atoms with van der Waals surface area (Å²) in [6, 6.07) is 4.95. The summed E-state index contributed by atoms with van der Waals surface area (Å²) >= 11 is 4.38. The number of dihydropyridines is 1. The summed E-state index contributed by atoms with van der Waals surface area (Å²) in [7, 11) is 0. The van der Waals surface area contributed by atoms with Gasteiger partial charge in [0.25, 0.3) is 0 Å². The van der Waals surface area contributed by atoms with Crippen LogP contribution in [0.5, 0.6) is 0 Å². The molecule has 0 aromatic heterocycles. The van der Waals surface area contributed by atoms with Crippen LogP contribution >= 0.6 is 12.6 Å². The van der Waals surface area contributed by atoms with Gasteiger partial charge in [-0.2, -0.15) is 12.6 Å². The summed E-state index contributed by atoms with van der Waals surface area (Å²) in [6.07, 6.45) is 13.8. The van der Waals surface area contributed by atoms with Crippen LogP contribution in [0.15, 0.2) is 53.8 Å². The van der Waals surface area contributed by atoms with Crippen LogP contribution in [0.3, 0.4) is 0 Å². The zero-order chi connectivity index (χ0) is 20.6. The minimum atomic E-state index is 0.270. The van der Waals surface area contributed by atoms with Gasteiger partial charge in [-0.05, 0) is 98.1 Å². The lowest BCUT2D eigenvalue weighted by atomic mass is 9.60. The van der Waals surface area contributed by atoms with Gasteiger partial charge >= 0.3 is 0 Å². The van der Waals surface area contributed by atoms with Crippen molar-refractivity contribution in [3.63, 3.8) is 0 Å². The second kappa shape index (κ2) is 8.22. The molecule has 1 saturated carbocycles. The number of unbranched alkanes of at least 4 members (excludes halogenated alkanes) is 1. The average Bonchev–Trinajstić information content (AvgIpc) is 2.69. The predicted molar refractivity (Wildman–Crippen MR) is 129 cm³/mol. The van der Waals surface area contributed by atoms with Crippen LogP contribution in [-0.4, -0.2) is 5.75 Å². The molecule has 0 saturated heterocycles. The predicted octanol–water partition coefficient (Wildman–Crippen LogP) is 7.08. The molecule has 1 N–H and O–H groups in total. The van der Waals surface area contributed by atoms with Gasteiger partial charge in [-0.1, -0.05) is 38.5 Å². The quantitative estimate of drug-likeness (QED) is 0.394. The second-order valence-electron chi connectivity index (χ2n) is 9.36. The molecule has 4 rings (SSSR count). The van der Waals surface area contributed by atoms with Crippen molar-refractivity contribution in [2.45, 2.75) is 71.6 Å². The Labute approximate surface area is 182 Å². The van der Waals surface area contributed by atoms with Crippen molar-refractivity contribution in [1.29, 1.82) is 0 Å². The number of aryl methyl sites for hydroxylation is 2. The minimum absolute atomic E-state index is 0.270. The Kier molecular flexibility index (Phi) is 5.84. The molecular formula is C27H35NS. The zero-order valence-corrected chi connectivity index (χ0v) is 19.1. The average molecular weight is 406 g/mol. The largest absolute Gasteiger partial charge is 0.355 e. The summed E-state index contributed by atoms with van der Waals surface area (Å²) in [6.45, 7) is 12.9. The van der Waals surface area contributed by atoms with E-state index in [1.54, 1.807) is 0 Å². The molecule has 0 unspecified atom stereocenters. The number of nitrogens with one attached hydrogen (secondary N) is 1. The molecule has 0 radical (unpaired) electrons. The molecule has 154 valence electrons. The van der Waals surface area contributed by atoms with Crippen molar-refractivity contribution in [1.82, 2.24) is 5.32 Å². The molecule has 0 amide bonds. The number of allylic oxidation sites excluding steroid dienone is 3. The highest BCUT2D eigenvalue weighted by molar-refractivity contribution is 7.80. The molecule has 1 fully saturated rings. The lowest BCUT2D eigenvalue weighted by molar-refractivity contribution is 0.239. The third-order valence-electron chi connectivity index (χ3n) is 7.21. The molecule has 1 aromatic rings. The molecule has 29 heavy (non-hydrogen) atoms. The molecule has 1 aromatic carbocycles. The Bertz CT molecular complexity index is 909. The Hall–Kier alpha value is -1.67. The van der Waals surface area contributed by atoms with Gasteiger partial charge in [0.2, 0.25) is 0 Å². The Morgan fingerprint density at radius 3 is 2.62 bits per heavy atom. The van der Waals surface area contributed by atoms with E-state index in [1.807, 2.05) is 0 Å². The molecule has 1 spiro atoms. The van der Waals surface area contributed by atoms with Gasteiger partial charge < -0.3 is 5.32 Å². The number of fused-ring (bicyclic) bond motifs is 3. The molecule has 2 aliphatic carbocycles. The first-order valence-electron chi connectivity index (χ1n) is 11.3. The number of hydrogen-bond donors (Lipinski definition) is 2. The Morgan fingerprint density at radius 2 is 1.93 bits per heavy atom. The standard InChI is InChI=1S/C27H35NS/c1-18(2)23-16-25-26(28-20(23)4)24-14-19(3)21(10-6-9-13-29)15-22(24)17-27(25)11-7-5-8-12-27/h14-16,28-29H,1,4-13,17H2,2-3H3. The Balaban J connectivity index is 1.83. The van der Waals surface area contributed by atoms with E-state index in [9.17, 15) is 0 Å². The van der Waals surface area contributed by atoms with Crippen molar-refractivity contribution in [2.24, 2.45) is 5.41 Å². The van der Waals surface area contributed by atoms with Crippen molar-refractivity contribution in [2.75, 3.05) is 5.75 Å². The lowest BCUT2D eigenvalue weighted by Gasteiger charge is -2.46. The molecule has 1 heterocycles. The first kappa shape index (κ1) is 20.6. The van der Waals surface area contributed by atoms with E-state index in [0.717, 1.165) is 17.0 Å². The van der Waals surface area contributed by atoms with Crippen LogP contribution in [0, 0.1) is 12.3 Å². The summed E-state index contributed by atoms with van der Waals surface area (Å²) in [5.41, 5.74) is 12.2. The number of benzene rings is 1. The van der Waals surface area contributed by atoms with E-state index in [0.29, 0.717) is 0 Å². The van der Waals surface area contributed by atoms with Gasteiger partial charge in [0.1, 0.15) is 0 Å². The molecule has 1 nitrogen and oxygen atoms in total. The molecule has 1 aliphatic heterocycles. The van der Waals surface area contributed by atoms with E-state index >= 15 is 0 Å². The molecule has 0 atom stereocenters. The lowest BCUT2D eigenvalue weighted by Crippen LogP contribution is -2.37. The number of hydrogen-bond acceptors (Lipinski definition) is 2. The van der Waals surface area contributed by atoms with Crippen LogP contribution in [-0.2, 0) is 12.8 Å². The monoisotopic (exact) mass is 405 g/mol. The van der Waals surface area contributed by atoms with E-state index in [1.165, 1.54) is 96.9 Å². The van der Waals surface area contributed by atoms with E-state index in [4.69, 9.17) is 0 Å². The third kappa shape index (κ3) is 3.77. The molecule has 2 heteroatoms.